The Balaban J connectivity index is 3.07. The van der Waals surface area contributed by atoms with E-state index in [4.69, 9.17) is 16.9 Å². The highest BCUT2D eigenvalue weighted by Crippen LogP contribution is 2.19. The largest absolute Gasteiger partial charge is 0.293 e. The normalized spacial score (nSPS) is 9.31. The average Bonchev–Trinajstić information content (AvgIpc) is 2.09. The molecule has 0 fully saturated rings. The Hall–Kier alpha value is -0.600. The van der Waals surface area contributed by atoms with E-state index in [0.29, 0.717) is 10.6 Å². The molecule has 1 aromatic carbocycles. The van der Waals surface area contributed by atoms with Crippen molar-refractivity contribution >= 4 is 40.0 Å². The van der Waals surface area contributed by atoms with Gasteiger partial charge in [-0.25, -0.2) is 0 Å². The van der Waals surface area contributed by atoms with Gasteiger partial charge in [-0.3, -0.25) is 4.79 Å². The minimum atomic E-state index is -0.186. The fourth-order valence-corrected chi connectivity index (χ4v) is 1.69. The highest BCUT2D eigenvalue weighted by Gasteiger charge is 2.09. The molecule has 0 unspecified atom stereocenters. The zero-order valence-corrected chi connectivity index (χ0v) is 9.46. The molecule has 0 aromatic heterocycles. The smallest absolute Gasteiger partial charge is 0.178 e. The fourth-order valence-electron chi connectivity index (χ4n) is 0.878. The van der Waals surface area contributed by atoms with Crippen molar-refractivity contribution in [3.05, 3.63) is 32.4 Å². The van der Waals surface area contributed by atoms with Crippen molar-refractivity contribution in [1.82, 2.24) is 0 Å². The Kier molecular flexibility index (Phi) is 3.70. The number of carbonyl (C=O) groups is 1. The zero-order valence-electron chi connectivity index (χ0n) is 6.55. The minimum absolute atomic E-state index is 0.101. The molecule has 2 nitrogen and oxygen atoms in total. The lowest BCUT2D eigenvalue weighted by molar-refractivity contribution is 0.0997. The van der Waals surface area contributed by atoms with Gasteiger partial charge in [-0.05, 0) is 40.8 Å². The molecular formula is C9H5ClINO. The van der Waals surface area contributed by atoms with E-state index in [2.05, 4.69) is 0 Å². The first-order chi connectivity index (χ1) is 6.15. The topological polar surface area (TPSA) is 40.9 Å². The van der Waals surface area contributed by atoms with Crippen LogP contribution in [0.5, 0.6) is 0 Å². The van der Waals surface area contributed by atoms with Gasteiger partial charge in [0.15, 0.2) is 5.78 Å². The Morgan fingerprint density at radius 2 is 2.31 bits per heavy atom. The van der Waals surface area contributed by atoms with Crippen molar-refractivity contribution in [3.8, 4) is 6.07 Å². The van der Waals surface area contributed by atoms with Crippen LogP contribution in [0.15, 0.2) is 18.2 Å². The summed E-state index contributed by atoms with van der Waals surface area (Å²) in [4.78, 5) is 11.3. The molecule has 0 radical (unpaired) electrons. The minimum Gasteiger partial charge on any atom is -0.293 e. The molecular weight excluding hydrogens is 300 g/mol. The second-order valence-electron chi connectivity index (χ2n) is 2.38. The summed E-state index contributed by atoms with van der Waals surface area (Å²) < 4.78 is 0.822. The van der Waals surface area contributed by atoms with Gasteiger partial charge in [0.1, 0.15) is 0 Å². The van der Waals surface area contributed by atoms with Crippen LogP contribution in [-0.4, -0.2) is 5.78 Å². The molecule has 0 aliphatic rings. The maximum absolute atomic E-state index is 11.3. The van der Waals surface area contributed by atoms with Gasteiger partial charge < -0.3 is 0 Å². The van der Waals surface area contributed by atoms with Gasteiger partial charge in [0.25, 0.3) is 0 Å². The van der Waals surface area contributed by atoms with Gasteiger partial charge in [-0.2, -0.15) is 5.26 Å². The van der Waals surface area contributed by atoms with Gasteiger partial charge in [0.2, 0.25) is 0 Å². The van der Waals surface area contributed by atoms with E-state index in [1.54, 1.807) is 18.2 Å². The number of halogens is 2. The Morgan fingerprint density at radius 1 is 1.62 bits per heavy atom. The third-order valence-electron chi connectivity index (χ3n) is 1.47. The first kappa shape index (κ1) is 10.5. The van der Waals surface area contributed by atoms with Gasteiger partial charge in [0.05, 0.1) is 12.5 Å². The summed E-state index contributed by atoms with van der Waals surface area (Å²) >= 11 is 7.77. The lowest BCUT2D eigenvalue weighted by atomic mass is 10.1. The van der Waals surface area contributed by atoms with E-state index in [0.717, 1.165) is 3.57 Å². The van der Waals surface area contributed by atoms with Crippen molar-refractivity contribution in [2.75, 3.05) is 0 Å². The number of nitrogens with zero attached hydrogens (tertiary/aromatic N) is 1. The van der Waals surface area contributed by atoms with Gasteiger partial charge in [0, 0.05) is 14.2 Å². The molecule has 13 heavy (non-hydrogen) atoms. The molecule has 66 valence electrons. The molecule has 0 atom stereocenters. The van der Waals surface area contributed by atoms with Crippen molar-refractivity contribution < 1.29 is 4.79 Å². The van der Waals surface area contributed by atoms with E-state index in [1.165, 1.54) is 0 Å². The Labute approximate surface area is 94.6 Å². The number of ketones is 1. The van der Waals surface area contributed by atoms with Crippen LogP contribution in [0.25, 0.3) is 0 Å². The zero-order chi connectivity index (χ0) is 9.84. The summed E-state index contributed by atoms with van der Waals surface area (Å²) in [5.41, 5.74) is 0.523. The number of carbonyl (C=O) groups excluding carboxylic acids is 1. The first-order valence-corrected chi connectivity index (χ1v) is 4.96. The molecule has 0 N–H and O–H groups in total. The van der Waals surface area contributed by atoms with Crippen LogP contribution in [-0.2, 0) is 0 Å². The van der Waals surface area contributed by atoms with Gasteiger partial charge >= 0.3 is 0 Å². The molecule has 0 saturated carbocycles. The summed E-state index contributed by atoms with van der Waals surface area (Å²) in [6, 6.07) is 6.88. The van der Waals surface area contributed by atoms with Crippen LogP contribution in [0.4, 0.5) is 0 Å². The fraction of sp³-hybridized carbons (Fsp3) is 0.111. The van der Waals surface area contributed by atoms with E-state index >= 15 is 0 Å². The van der Waals surface area contributed by atoms with Crippen molar-refractivity contribution in [3.63, 3.8) is 0 Å². The second-order valence-corrected chi connectivity index (χ2v) is 3.98. The number of hydrogen-bond acceptors (Lipinski definition) is 2. The molecule has 1 aromatic rings. The van der Waals surface area contributed by atoms with Crippen LogP contribution in [0, 0.1) is 14.9 Å². The summed E-state index contributed by atoms with van der Waals surface area (Å²) in [5.74, 6) is -0.186. The lowest BCUT2D eigenvalue weighted by Gasteiger charge is -2.00. The quantitative estimate of drug-likeness (QED) is 0.622. The standard InChI is InChI=1S/C9H5ClINO/c10-6-1-2-8(11)7(5-6)9(13)3-4-12/h1-2,5H,3H2. The monoisotopic (exact) mass is 305 g/mol. The molecule has 0 saturated heterocycles. The van der Waals surface area contributed by atoms with Crippen molar-refractivity contribution in [1.29, 1.82) is 5.26 Å². The lowest BCUT2D eigenvalue weighted by Crippen LogP contribution is -1.99. The molecule has 0 spiro atoms. The highest BCUT2D eigenvalue weighted by atomic mass is 127. The van der Waals surface area contributed by atoms with E-state index in [1.807, 2.05) is 28.7 Å². The Bertz CT molecular complexity index is 384. The predicted octanol–water partition coefficient (Wildman–Crippen LogP) is 3.04. The maximum Gasteiger partial charge on any atom is 0.178 e. The van der Waals surface area contributed by atoms with E-state index in [9.17, 15) is 4.79 Å². The second kappa shape index (κ2) is 4.58. The van der Waals surface area contributed by atoms with Crippen LogP contribution < -0.4 is 0 Å². The van der Waals surface area contributed by atoms with Crippen LogP contribution in [0.3, 0.4) is 0 Å². The number of hydrogen-bond donors (Lipinski definition) is 0. The summed E-state index contributed by atoms with van der Waals surface area (Å²) in [5, 5.41) is 8.87. The predicted molar refractivity (Wildman–Crippen MR) is 58.7 cm³/mol. The van der Waals surface area contributed by atoms with Crippen LogP contribution in [0.2, 0.25) is 5.02 Å². The third-order valence-corrected chi connectivity index (χ3v) is 2.64. The number of Topliss-reactive ketones (excluding diaryl/α,β-unsaturated/α-hetero) is 1. The number of benzene rings is 1. The molecule has 0 amide bonds. The third kappa shape index (κ3) is 2.68. The van der Waals surface area contributed by atoms with E-state index < -0.39 is 0 Å². The maximum atomic E-state index is 11.3. The summed E-state index contributed by atoms with van der Waals surface area (Å²) in [7, 11) is 0. The Morgan fingerprint density at radius 3 is 2.92 bits per heavy atom. The van der Waals surface area contributed by atoms with Crippen LogP contribution in [0.1, 0.15) is 16.8 Å². The van der Waals surface area contributed by atoms with Gasteiger partial charge in [-0.15, -0.1) is 0 Å². The van der Waals surface area contributed by atoms with Crippen molar-refractivity contribution in [2.24, 2.45) is 0 Å². The molecule has 4 heteroatoms. The molecule has 0 bridgehead atoms. The van der Waals surface area contributed by atoms with E-state index in [-0.39, 0.29) is 12.2 Å². The SMILES string of the molecule is N#CCC(=O)c1cc(Cl)ccc1I. The molecule has 0 heterocycles. The number of nitriles is 1. The highest BCUT2D eigenvalue weighted by molar-refractivity contribution is 14.1. The first-order valence-electron chi connectivity index (χ1n) is 3.50. The average molecular weight is 306 g/mol. The summed E-state index contributed by atoms with van der Waals surface area (Å²) in [6.45, 7) is 0. The van der Waals surface area contributed by atoms with Crippen LogP contribution >= 0.6 is 34.2 Å². The van der Waals surface area contributed by atoms with Gasteiger partial charge in [-0.1, -0.05) is 11.6 Å². The number of rotatable bonds is 2. The molecule has 1 rings (SSSR count). The molecule has 0 aliphatic heterocycles. The molecule has 0 aliphatic carbocycles. The summed E-state index contributed by atoms with van der Waals surface area (Å²) in [6.07, 6.45) is -0.101. The van der Waals surface area contributed by atoms with Crippen molar-refractivity contribution in [2.45, 2.75) is 6.42 Å².